The van der Waals surface area contributed by atoms with Crippen molar-refractivity contribution in [2.24, 2.45) is 5.73 Å². The summed E-state index contributed by atoms with van der Waals surface area (Å²) in [4.78, 5) is 18.6. The van der Waals surface area contributed by atoms with Crippen molar-refractivity contribution in [3.05, 3.63) is 0 Å². The minimum absolute atomic E-state index is 0.234. The highest BCUT2D eigenvalue weighted by atomic mass is 16.2. The molecule has 5 heteroatoms. The Morgan fingerprint density at radius 3 is 2.84 bits per heavy atom. The first-order valence-corrected chi connectivity index (χ1v) is 7.41. The molecule has 112 valence electrons. The number of amides is 1. The molecule has 1 atom stereocenters. The largest absolute Gasteiger partial charge is 0.346 e. The zero-order valence-electron chi connectivity index (χ0n) is 12.8. The molecule has 1 heterocycles. The summed E-state index contributed by atoms with van der Waals surface area (Å²) in [6, 6.07) is 0.537. The molecule has 1 fully saturated rings. The number of carbonyl (C=O) groups excluding carboxylic acids is 1. The molecule has 19 heavy (non-hydrogen) atoms. The van der Waals surface area contributed by atoms with Crippen molar-refractivity contribution in [1.29, 1.82) is 0 Å². The molecule has 0 aromatic carbocycles. The molecule has 0 aromatic heterocycles. The van der Waals surface area contributed by atoms with E-state index in [1.54, 1.807) is 0 Å². The molecule has 1 saturated heterocycles. The zero-order valence-corrected chi connectivity index (χ0v) is 12.8. The van der Waals surface area contributed by atoms with Crippen molar-refractivity contribution < 1.29 is 4.79 Å². The molecule has 2 N–H and O–H groups in total. The SMILES string of the molecule is CC1CN(C)CCCN1CCC(=O)N(C)CCCN. The van der Waals surface area contributed by atoms with Crippen LogP contribution < -0.4 is 5.73 Å². The van der Waals surface area contributed by atoms with E-state index in [-0.39, 0.29) is 5.91 Å². The average molecular weight is 270 g/mol. The van der Waals surface area contributed by atoms with Gasteiger partial charge >= 0.3 is 0 Å². The van der Waals surface area contributed by atoms with Gasteiger partial charge in [0.05, 0.1) is 0 Å². The fourth-order valence-corrected chi connectivity index (χ4v) is 2.64. The third kappa shape index (κ3) is 5.89. The van der Waals surface area contributed by atoms with Gasteiger partial charge in [-0.3, -0.25) is 9.69 Å². The van der Waals surface area contributed by atoms with Crippen LogP contribution in [0.3, 0.4) is 0 Å². The number of carbonyl (C=O) groups is 1. The van der Waals surface area contributed by atoms with E-state index in [0.29, 0.717) is 19.0 Å². The first-order valence-electron chi connectivity index (χ1n) is 7.41. The average Bonchev–Trinajstić information content (AvgIpc) is 2.53. The van der Waals surface area contributed by atoms with Gasteiger partial charge in [0.25, 0.3) is 0 Å². The Balaban J connectivity index is 2.32. The van der Waals surface area contributed by atoms with E-state index < -0.39 is 0 Å². The minimum Gasteiger partial charge on any atom is -0.346 e. The van der Waals surface area contributed by atoms with Crippen LogP contribution >= 0.6 is 0 Å². The molecule has 0 aliphatic carbocycles. The minimum atomic E-state index is 0.234. The van der Waals surface area contributed by atoms with E-state index in [9.17, 15) is 4.79 Å². The normalized spacial score (nSPS) is 22.2. The van der Waals surface area contributed by atoms with Crippen LogP contribution in [0.2, 0.25) is 0 Å². The van der Waals surface area contributed by atoms with Crippen LogP contribution in [-0.4, -0.2) is 80.0 Å². The standard InChI is InChI=1S/C14H30N4O/c1-13-12-16(2)8-5-10-18(13)11-6-14(19)17(3)9-4-7-15/h13H,4-12,15H2,1-3H3. The molecular formula is C14H30N4O. The van der Waals surface area contributed by atoms with Gasteiger partial charge in [-0.25, -0.2) is 0 Å². The Hall–Kier alpha value is -0.650. The number of rotatable bonds is 6. The first kappa shape index (κ1) is 16.4. The van der Waals surface area contributed by atoms with E-state index >= 15 is 0 Å². The smallest absolute Gasteiger partial charge is 0.223 e. The molecule has 0 saturated carbocycles. The lowest BCUT2D eigenvalue weighted by Crippen LogP contribution is -2.40. The molecule has 1 rings (SSSR count). The molecular weight excluding hydrogens is 240 g/mol. The second kappa shape index (κ2) is 8.51. The van der Waals surface area contributed by atoms with Gasteiger partial charge in [-0.15, -0.1) is 0 Å². The van der Waals surface area contributed by atoms with Gasteiger partial charge in [-0.2, -0.15) is 0 Å². The van der Waals surface area contributed by atoms with E-state index in [4.69, 9.17) is 5.73 Å². The van der Waals surface area contributed by atoms with Crippen molar-refractivity contribution in [1.82, 2.24) is 14.7 Å². The molecule has 1 aliphatic heterocycles. The Morgan fingerprint density at radius 2 is 2.16 bits per heavy atom. The van der Waals surface area contributed by atoms with E-state index in [1.807, 2.05) is 11.9 Å². The molecule has 1 aliphatic rings. The van der Waals surface area contributed by atoms with Crippen LogP contribution in [0.1, 0.15) is 26.2 Å². The Bertz CT molecular complexity index is 272. The lowest BCUT2D eigenvalue weighted by Gasteiger charge is -2.28. The molecule has 1 amide bonds. The number of likely N-dealkylation sites (N-methyl/N-ethyl adjacent to an activating group) is 1. The summed E-state index contributed by atoms with van der Waals surface area (Å²) in [7, 11) is 4.05. The predicted octanol–water partition coefficient (Wildman–Crippen LogP) is 0.210. The summed E-state index contributed by atoms with van der Waals surface area (Å²) in [5.41, 5.74) is 5.47. The predicted molar refractivity (Wildman–Crippen MR) is 79.1 cm³/mol. The number of nitrogens with two attached hydrogens (primary N) is 1. The third-order valence-electron chi connectivity index (χ3n) is 3.92. The molecule has 0 bridgehead atoms. The highest BCUT2D eigenvalue weighted by Gasteiger charge is 2.20. The van der Waals surface area contributed by atoms with Crippen molar-refractivity contribution in [2.75, 3.05) is 53.4 Å². The van der Waals surface area contributed by atoms with Gasteiger partial charge in [0.2, 0.25) is 5.91 Å². The van der Waals surface area contributed by atoms with Crippen molar-refractivity contribution in [2.45, 2.75) is 32.2 Å². The molecule has 0 spiro atoms. The summed E-state index contributed by atoms with van der Waals surface area (Å²) in [5, 5.41) is 0. The fraction of sp³-hybridized carbons (Fsp3) is 0.929. The lowest BCUT2D eigenvalue weighted by atomic mass is 10.2. The van der Waals surface area contributed by atoms with Crippen LogP contribution in [0.15, 0.2) is 0 Å². The monoisotopic (exact) mass is 270 g/mol. The summed E-state index contributed by atoms with van der Waals surface area (Å²) < 4.78 is 0. The highest BCUT2D eigenvalue weighted by molar-refractivity contribution is 5.76. The van der Waals surface area contributed by atoms with Crippen molar-refractivity contribution in [3.63, 3.8) is 0 Å². The van der Waals surface area contributed by atoms with Crippen LogP contribution in [0.5, 0.6) is 0 Å². The molecule has 1 unspecified atom stereocenters. The summed E-state index contributed by atoms with van der Waals surface area (Å²) in [6.45, 7) is 7.90. The summed E-state index contributed by atoms with van der Waals surface area (Å²) >= 11 is 0. The van der Waals surface area contributed by atoms with Crippen LogP contribution in [0, 0.1) is 0 Å². The van der Waals surface area contributed by atoms with Crippen molar-refractivity contribution in [3.8, 4) is 0 Å². The Labute approximate surface area is 117 Å². The maximum Gasteiger partial charge on any atom is 0.223 e. The number of nitrogens with zero attached hydrogens (tertiary/aromatic N) is 3. The van der Waals surface area contributed by atoms with Gasteiger partial charge in [0.15, 0.2) is 0 Å². The van der Waals surface area contributed by atoms with Gasteiger partial charge in [-0.05, 0) is 46.4 Å². The molecule has 0 aromatic rings. The quantitative estimate of drug-likeness (QED) is 0.750. The Morgan fingerprint density at radius 1 is 1.42 bits per heavy atom. The van der Waals surface area contributed by atoms with Crippen molar-refractivity contribution >= 4 is 5.91 Å². The highest BCUT2D eigenvalue weighted by Crippen LogP contribution is 2.09. The van der Waals surface area contributed by atoms with Gasteiger partial charge < -0.3 is 15.5 Å². The van der Waals surface area contributed by atoms with Gasteiger partial charge in [-0.1, -0.05) is 0 Å². The molecule has 5 nitrogen and oxygen atoms in total. The molecule has 0 radical (unpaired) electrons. The lowest BCUT2D eigenvalue weighted by molar-refractivity contribution is -0.130. The van der Waals surface area contributed by atoms with E-state index in [0.717, 1.165) is 39.1 Å². The maximum absolute atomic E-state index is 12.0. The third-order valence-corrected chi connectivity index (χ3v) is 3.92. The first-order chi connectivity index (χ1) is 9.04. The number of hydrogen-bond acceptors (Lipinski definition) is 4. The topological polar surface area (TPSA) is 52.8 Å². The van der Waals surface area contributed by atoms with Gasteiger partial charge in [0.1, 0.15) is 0 Å². The van der Waals surface area contributed by atoms with Crippen LogP contribution in [0.4, 0.5) is 0 Å². The Kier molecular flexibility index (Phi) is 7.34. The fourth-order valence-electron chi connectivity index (χ4n) is 2.64. The maximum atomic E-state index is 12.0. The second-order valence-corrected chi connectivity index (χ2v) is 5.71. The van der Waals surface area contributed by atoms with Gasteiger partial charge in [0, 0.05) is 39.1 Å². The summed E-state index contributed by atoms with van der Waals surface area (Å²) in [5.74, 6) is 0.234. The second-order valence-electron chi connectivity index (χ2n) is 5.71. The zero-order chi connectivity index (χ0) is 14.3. The van der Waals surface area contributed by atoms with E-state index in [2.05, 4.69) is 23.8 Å². The van der Waals surface area contributed by atoms with E-state index in [1.165, 1.54) is 6.42 Å². The van der Waals surface area contributed by atoms with Crippen LogP contribution in [-0.2, 0) is 4.79 Å². The number of hydrogen-bond donors (Lipinski definition) is 1. The summed E-state index contributed by atoms with van der Waals surface area (Å²) in [6.07, 6.45) is 2.69. The van der Waals surface area contributed by atoms with Crippen LogP contribution in [0.25, 0.3) is 0 Å².